The van der Waals surface area contributed by atoms with E-state index in [0.717, 1.165) is 31.0 Å². The minimum Gasteiger partial charge on any atom is -0.493 e. The molecule has 3 aliphatic heterocycles. The molecular weight excluding hydrogens is 236 g/mol. The first-order valence-corrected chi connectivity index (χ1v) is 7.58. The Labute approximate surface area is 114 Å². The Kier molecular flexibility index (Phi) is 2.97. The van der Waals surface area contributed by atoms with E-state index in [2.05, 4.69) is 34.5 Å². The van der Waals surface area contributed by atoms with Crippen molar-refractivity contribution in [3.8, 4) is 5.75 Å². The van der Waals surface area contributed by atoms with Gasteiger partial charge in [0.05, 0.1) is 6.61 Å². The van der Waals surface area contributed by atoms with Gasteiger partial charge in [-0.15, -0.1) is 0 Å². The molecule has 0 aliphatic carbocycles. The number of nitrogens with zero attached hydrogens (tertiary/aromatic N) is 1. The van der Waals surface area contributed by atoms with Gasteiger partial charge in [0.15, 0.2) is 0 Å². The molecule has 19 heavy (non-hydrogen) atoms. The Morgan fingerprint density at radius 1 is 1.16 bits per heavy atom. The van der Waals surface area contributed by atoms with Crippen LogP contribution in [-0.4, -0.2) is 43.2 Å². The van der Waals surface area contributed by atoms with Crippen LogP contribution in [0.2, 0.25) is 0 Å². The zero-order chi connectivity index (χ0) is 12.7. The first-order valence-electron chi connectivity index (χ1n) is 7.58. The van der Waals surface area contributed by atoms with Gasteiger partial charge in [0.2, 0.25) is 0 Å². The molecule has 3 unspecified atom stereocenters. The van der Waals surface area contributed by atoms with Crippen LogP contribution in [0.25, 0.3) is 0 Å². The Balaban J connectivity index is 1.45. The fourth-order valence-corrected chi connectivity index (χ4v) is 3.87. The molecule has 102 valence electrons. The molecule has 2 bridgehead atoms. The Morgan fingerprint density at radius 3 is 3.05 bits per heavy atom. The van der Waals surface area contributed by atoms with Gasteiger partial charge >= 0.3 is 0 Å². The van der Waals surface area contributed by atoms with Gasteiger partial charge in [-0.05, 0) is 31.9 Å². The lowest BCUT2D eigenvalue weighted by atomic mass is 9.99. The zero-order valence-corrected chi connectivity index (χ0v) is 11.3. The first-order chi connectivity index (χ1) is 9.38. The van der Waals surface area contributed by atoms with Crippen molar-refractivity contribution >= 4 is 0 Å². The van der Waals surface area contributed by atoms with Crippen LogP contribution in [0.4, 0.5) is 0 Å². The van der Waals surface area contributed by atoms with Gasteiger partial charge < -0.3 is 15.0 Å². The molecule has 1 aromatic carbocycles. The second-order valence-electron chi connectivity index (χ2n) is 6.23. The summed E-state index contributed by atoms with van der Waals surface area (Å²) in [4.78, 5) is 2.65. The van der Waals surface area contributed by atoms with E-state index in [-0.39, 0.29) is 0 Å². The van der Waals surface area contributed by atoms with Gasteiger partial charge in [0.1, 0.15) is 5.75 Å². The molecule has 1 N–H and O–H groups in total. The van der Waals surface area contributed by atoms with E-state index in [1.165, 1.54) is 37.9 Å². The number of likely N-dealkylation sites (tertiary alicyclic amines) is 1. The molecule has 3 heterocycles. The molecule has 2 saturated heterocycles. The van der Waals surface area contributed by atoms with Crippen LogP contribution in [0, 0.1) is 0 Å². The summed E-state index contributed by atoms with van der Waals surface area (Å²) in [6.45, 7) is 4.47. The molecule has 1 aromatic rings. The summed E-state index contributed by atoms with van der Waals surface area (Å²) < 4.78 is 5.80. The fraction of sp³-hybridized carbons (Fsp3) is 0.625. The zero-order valence-electron chi connectivity index (χ0n) is 11.3. The molecule has 0 amide bonds. The SMILES string of the molecule is c1ccc2c(c1)OCC2CN1CCC2CCC(C1)N2. The van der Waals surface area contributed by atoms with E-state index in [0.29, 0.717) is 5.92 Å². The maximum Gasteiger partial charge on any atom is 0.122 e. The Morgan fingerprint density at radius 2 is 2.05 bits per heavy atom. The Bertz CT molecular complexity index is 462. The largest absolute Gasteiger partial charge is 0.493 e. The number of hydrogen-bond acceptors (Lipinski definition) is 3. The number of nitrogens with one attached hydrogen (secondary N) is 1. The lowest BCUT2D eigenvalue weighted by Gasteiger charge is -2.26. The first kappa shape index (κ1) is 11.7. The molecule has 0 spiro atoms. The third-order valence-corrected chi connectivity index (χ3v) is 4.88. The number of fused-ring (bicyclic) bond motifs is 3. The smallest absolute Gasteiger partial charge is 0.122 e. The number of benzene rings is 1. The minimum atomic E-state index is 0.563. The Hall–Kier alpha value is -1.06. The highest BCUT2D eigenvalue weighted by Gasteiger charge is 2.32. The number of ether oxygens (including phenoxy) is 1. The molecule has 0 radical (unpaired) electrons. The van der Waals surface area contributed by atoms with Crippen LogP contribution >= 0.6 is 0 Å². The van der Waals surface area contributed by atoms with E-state index in [9.17, 15) is 0 Å². The molecule has 3 aliphatic rings. The van der Waals surface area contributed by atoms with Crippen molar-refractivity contribution in [3.05, 3.63) is 29.8 Å². The summed E-state index contributed by atoms with van der Waals surface area (Å²) in [6.07, 6.45) is 4.05. The summed E-state index contributed by atoms with van der Waals surface area (Å²) in [5, 5.41) is 3.75. The highest BCUT2D eigenvalue weighted by Crippen LogP contribution is 2.34. The maximum absolute atomic E-state index is 5.80. The predicted octanol–water partition coefficient (Wildman–Crippen LogP) is 1.99. The third kappa shape index (κ3) is 2.26. The second kappa shape index (κ2) is 4.80. The highest BCUT2D eigenvalue weighted by atomic mass is 16.5. The lowest BCUT2D eigenvalue weighted by molar-refractivity contribution is 0.223. The van der Waals surface area contributed by atoms with Crippen molar-refractivity contribution < 1.29 is 4.74 Å². The van der Waals surface area contributed by atoms with Gasteiger partial charge in [0, 0.05) is 36.7 Å². The number of rotatable bonds is 2. The number of para-hydroxylation sites is 1. The molecule has 4 rings (SSSR count). The maximum atomic E-state index is 5.80. The van der Waals surface area contributed by atoms with Crippen molar-refractivity contribution in [2.75, 3.05) is 26.2 Å². The second-order valence-corrected chi connectivity index (χ2v) is 6.23. The van der Waals surface area contributed by atoms with E-state index < -0.39 is 0 Å². The van der Waals surface area contributed by atoms with Gasteiger partial charge in [-0.25, -0.2) is 0 Å². The molecule has 3 atom stereocenters. The van der Waals surface area contributed by atoms with Gasteiger partial charge in [-0.2, -0.15) is 0 Å². The van der Waals surface area contributed by atoms with E-state index in [1.807, 2.05) is 0 Å². The summed E-state index contributed by atoms with van der Waals surface area (Å²) in [5.74, 6) is 1.66. The third-order valence-electron chi connectivity index (χ3n) is 4.88. The molecule has 2 fully saturated rings. The summed E-state index contributed by atoms with van der Waals surface area (Å²) in [5.41, 5.74) is 1.41. The molecule has 0 aromatic heterocycles. The average Bonchev–Trinajstić information content (AvgIpc) is 2.97. The lowest BCUT2D eigenvalue weighted by Crippen LogP contribution is -2.37. The predicted molar refractivity (Wildman–Crippen MR) is 75.7 cm³/mol. The fourth-order valence-electron chi connectivity index (χ4n) is 3.87. The minimum absolute atomic E-state index is 0.563. The van der Waals surface area contributed by atoms with E-state index in [4.69, 9.17) is 4.74 Å². The molecule has 3 nitrogen and oxygen atoms in total. The quantitative estimate of drug-likeness (QED) is 0.878. The molecule has 3 heteroatoms. The summed E-state index contributed by atoms with van der Waals surface area (Å²) in [7, 11) is 0. The van der Waals surface area contributed by atoms with Crippen LogP contribution < -0.4 is 10.1 Å². The van der Waals surface area contributed by atoms with E-state index in [1.54, 1.807) is 0 Å². The topological polar surface area (TPSA) is 24.5 Å². The standard InChI is InChI=1S/C16H22N2O/c1-2-4-16-15(3-1)12(11-19-16)9-18-8-7-13-5-6-14(10-18)17-13/h1-4,12-14,17H,5-11H2. The van der Waals surface area contributed by atoms with Crippen LogP contribution in [-0.2, 0) is 0 Å². The van der Waals surface area contributed by atoms with Gasteiger partial charge in [-0.1, -0.05) is 18.2 Å². The van der Waals surface area contributed by atoms with E-state index >= 15 is 0 Å². The van der Waals surface area contributed by atoms with Crippen molar-refractivity contribution in [1.82, 2.24) is 10.2 Å². The van der Waals surface area contributed by atoms with Crippen LogP contribution in [0.5, 0.6) is 5.75 Å². The van der Waals surface area contributed by atoms with Crippen molar-refractivity contribution in [1.29, 1.82) is 0 Å². The molecule has 0 saturated carbocycles. The van der Waals surface area contributed by atoms with Crippen LogP contribution in [0.1, 0.15) is 30.7 Å². The van der Waals surface area contributed by atoms with Crippen LogP contribution in [0.15, 0.2) is 24.3 Å². The monoisotopic (exact) mass is 258 g/mol. The summed E-state index contributed by atoms with van der Waals surface area (Å²) in [6, 6.07) is 10.0. The van der Waals surface area contributed by atoms with Crippen molar-refractivity contribution in [2.24, 2.45) is 0 Å². The normalized spacial score (nSPS) is 33.8. The van der Waals surface area contributed by atoms with Gasteiger partial charge in [0.25, 0.3) is 0 Å². The summed E-state index contributed by atoms with van der Waals surface area (Å²) >= 11 is 0. The van der Waals surface area contributed by atoms with Gasteiger partial charge in [-0.3, -0.25) is 0 Å². The average molecular weight is 258 g/mol. The van der Waals surface area contributed by atoms with Crippen LogP contribution in [0.3, 0.4) is 0 Å². The van der Waals surface area contributed by atoms with Crippen molar-refractivity contribution in [3.63, 3.8) is 0 Å². The molecular formula is C16H22N2O. The number of hydrogen-bond donors (Lipinski definition) is 1. The van der Waals surface area contributed by atoms with Crippen molar-refractivity contribution in [2.45, 2.75) is 37.3 Å². The highest BCUT2D eigenvalue weighted by molar-refractivity contribution is 5.39.